The first-order valence-electron chi connectivity index (χ1n) is 15.4. The van der Waals surface area contributed by atoms with Crippen molar-refractivity contribution in [3.8, 4) is 28.4 Å². The van der Waals surface area contributed by atoms with Crippen molar-refractivity contribution in [2.45, 2.75) is 32.3 Å². The summed E-state index contributed by atoms with van der Waals surface area (Å²) >= 11 is 0. The summed E-state index contributed by atoms with van der Waals surface area (Å²) in [5, 5.41) is 14.3. The first-order valence-corrected chi connectivity index (χ1v) is 17.3. The maximum atomic E-state index is 12.0. The quantitative estimate of drug-likeness (QED) is 0.0989. The molecular weight excluding hydrogens is 612 g/mol. The van der Waals surface area contributed by atoms with Gasteiger partial charge in [-0.15, -0.1) is 0 Å². The highest BCUT2D eigenvalue weighted by atomic mass is 32.2. The van der Waals surface area contributed by atoms with Crippen LogP contribution in [0.25, 0.3) is 11.1 Å². The Labute approximate surface area is 277 Å². The number of rotatable bonds is 16. The van der Waals surface area contributed by atoms with E-state index in [1.165, 1.54) is 0 Å². The van der Waals surface area contributed by atoms with Crippen LogP contribution in [0, 0.1) is 0 Å². The van der Waals surface area contributed by atoms with Crippen molar-refractivity contribution in [2.24, 2.45) is 0 Å². The third-order valence-electron chi connectivity index (χ3n) is 7.48. The van der Waals surface area contributed by atoms with Crippen LogP contribution in [0.4, 0.5) is 5.69 Å². The molecule has 9 heteroatoms. The van der Waals surface area contributed by atoms with E-state index in [-0.39, 0.29) is 18.3 Å². The zero-order chi connectivity index (χ0) is 33.1. The molecule has 0 unspecified atom stereocenters. The number of sulfonamides is 1. The van der Waals surface area contributed by atoms with E-state index in [0.29, 0.717) is 31.1 Å². The predicted molar refractivity (Wildman–Crippen MR) is 186 cm³/mol. The van der Waals surface area contributed by atoms with Gasteiger partial charge in [0.2, 0.25) is 10.0 Å². The summed E-state index contributed by atoms with van der Waals surface area (Å²) in [6.45, 7) is 3.57. The molecule has 5 rings (SSSR count). The fourth-order valence-corrected chi connectivity index (χ4v) is 5.52. The van der Waals surface area contributed by atoms with Crippen LogP contribution in [0.1, 0.15) is 29.7 Å². The minimum atomic E-state index is -3.57. The maximum Gasteiger partial charge on any atom is 0.229 e. The van der Waals surface area contributed by atoms with Gasteiger partial charge in [0, 0.05) is 12.6 Å². The lowest BCUT2D eigenvalue weighted by Crippen LogP contribution is -2.35. The van der Waals surface area contributed by atoms with Crippen molar-refractivity contribution in [2.75, 3.05) is 24.1 Å². The first kappa shape index (κ1) is 33.5. The molecule has 8 nitrogen and oxygen atoms in total. The van der Waals surface area contributed by atoms with Crippen LogP contribution in [0.15, 0.2) is 127 Å². The zero-order valence-electron chi connectivity index (χ0n) is 26.5. The molecule has 0 aliphatic rings. The van der Waals surface area contributed by atoms with Crippen LogP contribution in [0.5, 0.6) is 17.2 Å². The second-order valence-corrected chi connectivity index (χ2v) is 13.0. The number of ether oxygens (including phenoxy) is 3. The lowest BCUT2D eigenvalue weighted by molar-refractivity contribution is 0.133. The Balaban J connectivity index is 1.09. The molecule has 0 amide bonds. The van der Waals surface area contributed by atoms with Crippen LogP contribution in [-0.4, -0.2) is 39.0 Å². The summed E-state index contributed by atoms with van der Waals surface area (Å²) in [4.78, 5) is 0. The van der Waals surface area contributed by atoms with Crippen LogP contribution >= 0.6 is 0 Å². The highest BCUT2D eigenvalue weighted by Crippen LogP contribution is 2.31. The molecule has 0 fully saturated rings. The Morgan fingerprint density at radius 1 is 0.681 bits per heavy atom. The summed E-state index contributed by atoms with van der Waals surface area (Å²) in [5.41, 5.74) is 5.05. The molecule has 47 heavy (non-hydrogen) atoms. The van der Waals surface area contributed by atoms with E-state index in [1.807, 2.05) is 116 Å². The van der Waals surface area contributed by atoms with Gasteiger partial charge < -0.3 is 24.6 Å². The summed E-state index contributed by atoms with van der Waals surface area (Å²) in [6, 6.07) is 40.3. The van der Waals surface area contributed by atoms with Crippen LogP contribution in [0.2, 0.25) is 0 Å². The maximum absolute atomic E-state index is 12.0. The minimum absolute atomic E-state index is 0.270. The van der Waals surface area contributed by atoms with Gasteiger partial charge in [-0.3, -0.25) is 4.72 Å². The van der Waals surface area contributed by atoms with E-state index < -0.39 is 16.1 Å². The van der Waals surface area contributed by atoms with Gasteiger partial charge in [-0.25, -0.2) is 8.42 Å². The Kier molecular flexibility index (Phi) is 11.5. The van der Waals surface area contributed by atoms with Crippen LogP contribution in [-0.2, 0) is 23.2 Å². The monoisotopic (exact) mass is 652 g/mol. The van der Waals surface area contributed by atoms with Crippen molar-refractivity contribution in [3.05, 3.63) is 144 Å². The van der Waals surface area contributed by atoms with E-state index in [4.69, 9.17) is 14.2 Å². The second-order valence-electron chi connectivity index (χ2n) is 11.3. The zero-order valence-corrected chi connectivity index (χ0v) is 27.3. The molecule has 0 spiro atoms. The molecule has 0 aliphatic carbocycles. The Bertz CT molecular complexity index is 1800. The van der Waals surface area contributed by atoms with Crippen LogP contribution in [0.3, 0.4) is 0 Å². The number of benzene rings is 5. The van der Waals surface area contributed by atoms with Crippen molar-refractivity contribution >= 4 is 15.7 Å². The summed E-state index contributed by atoms with van der Waals surface area (Å²) in [7, 11) is -3.57. The van der Waals surface area contributed by atoms with Crippen molar-refractivity contribution in [1.29, 1.82) is 0 Å². The highest BCUT2D eigenvalue weighted by Gasteiger charge is 2.19. The number of aliphatic hydroxyl groups excluding tert-OH is 1. The number of aliphatic hydroxyl groups is 1. The largest absolute Gasteiger partial charge is 0.492 e. The fraction of sp³-hybridized carbons (Fsp3) is 0.211. The molecule has 5 aromatic rings. The molecule has 3 N–H and O–H groups in total. The summed E-state index contributed by atoms with van der Waals surface area (Å²) in [5.74, 6) is 1.94. The summed E-state index contributed by atoms with van der Waals surface area (Å²) in [6.07, 6.45) is 0.183. The predicted octanol–water partition coefficient (Wildman–Crippen LogP) is 6.97. The Morgan fingerprint density at radius 3 is 1.77 bits per heavy atom. The molecule has 0 aliphatic heterocycles. The van der Waals surface area contributed by atoms with Crippen molar-refractivity contribution < 1.29 is 27.7 Å². The van der Waals surface area contributed by atoms with Gasteiger partial charge in [0.1, 0.15) is 37.1 Å². The first-order chi connectivity index (χ1) is 22.7. The Morgan fingerprint density at radius 2 is 1.21 bits per heavy atom. The molecule has 0 radical (unpaired) electrons. The number of nitrogens with one attached hydrogen (secondary N) is 2. The average molecular weight is 653 g/mol. The Hall–Kier alpha value is -4.83. The van der Waals surface area contributed by atoms with Gasteiger partial charge in [-0.2, -0.15) is 0 Å². The van der Waals surface area contributed by atoms with Gasteiger partial charge in [-0.05, 0) is 71.1 Å². The molecule has 5 aromatic carbocycles. The van der Waals surface area contributed by atoms with E-state index >= 15 is 0 Å². The molecule has 0 aromatic heterocycles. The van der Waals surface area contributed by atoms with Crippen molar-refractivity contribution in [1.82, 2.24) is 5.32 Å². The van der Waals surface area contributed by atoms with E-state index in [2.05, 4.69) is 10.0 Å². The number of hydrogen-bond acceptors (Lipinski definition) is 7. The topological polar surface area (TPSA) is 106 Å². The van der Waals surface area contributed by atoms with Crippen LogP contribution < -0.4 is 24.2 Å². The lowest BCUT2D eigenvalue weighted by Gasteiger charge is -2.22. The van der Waals surface area contributed by atoms with Gasteiger partial charge >= 0.3 is 0 Å². The van der Waals surface area contributed by atoms with Gasteiger partial charge in [-0.1, -0.05) is 91.0 Å². The smallest absolute Gasteiger partial charge is 0.229 e. The molecule has 244 valence electrons. The lowest BCUT2D eigenvalue weighted by atomic mass is 10.0. The molecule has 0 bridgehead atoms. The van der Waals surface area contributed by atoms with E-state index in [1.54, 1.807) is 18.2 Å². The number of hydrogen-bond donors (Lipinski definition) is 3. The average Bonchev–Trinajstić information content (AvgIpc) is 3.09. The van der Waals surface area contributed by atoms with Gasteiger partial charge in [0.25, 0.3) is 0 Å². The fourth-order valence-electron chi connectivity index (χ4n) is 4.96. The van der Waals surface area contributed by atoms with Gasteiger partial charge in [0.15, 0.2) is 0 Å². The third-order valence-corrected chi connectivity index (χ3v) is 8.07. The minimum Gasteiger partial charge on any atom is -0.492 e. The van der Waals surface area contributed by atoms with E-state index in [9.17, 15) is 13.5 Å². The standard InChI is InChI=1S/C38H40N2O6S/c1-28(38(41)33-17-22-37(36(25-33)40-47(2,42)43)46-27-30-11-7-4-8-12-30)39-23-24-44-34-18-13-31(14-19-34)32-15-20-35(21-16-32)45-26-29-9-5-3-6-10-29/h3-22,25,28,38-41H,23-24,26-27H2,1-2H3/t28-,38-/m0/s1. The SMILES string of the molecule is C[C@H](NCCOc1ccc(-c2ccc(OCc3ccccc3)cc2)cc1)[C@H](O)c1ccc(OCc2ccccc2)c(NS(C)(=O)=O)c1. The molecular formula is C38H40N2O6S. The van der Waals surface area contributed by atoms with Crippen molar-refractivity contribution in [3.63, 3.8) is 0 Å². The third kappa shape index (κ3) is 10.3. The van der Waals surface area contributed by atoms with Gasteiger partial charge in [0.05, 0.1) is 18.0 Å². The molecule has 2 atom stereocenters. The normalized spacial score (nSPS) is 12.6. The summed E-state index contributed by atoms with van der Waals surface area (Å²) < 4.78 is 44.3. The highest BCUT2D eigenvalue weighted by molar-refractivity contribution is 7.92. The molecule has 0 saturated heterocycles. The molecule has 0 heterocycles. The second kappa shape index (κ2) is 16.1. The molecule has 0 saturated carbocycles. The number of anilines is 1. The van der Waals surface area contributed by atoms with E-state index in [0.717, 1.165) is 40.0 Å².